The van der Waals surface area contributed by atoms with E-state index < -0.39 is 0 Å². The van der Waals surface area contributed by atoms with Crippen LogP contribution in [0.25, 0.3) is 0 Å². The molecule has 1 aliphatic rings. The standard InChI is InChI=1S/C15H22BrFN2/c1-3-18-10-11-5-4-8-19(2)15(11)13-9-12(17)6-7-14(13)16/h6-7,9,11,15,18H,3-5,8,10H2,1-2H3. The summed E-state index contributed by atoms with van der Waals surface area (Å²) in [7, 11) is 2.14. The van der Waals surface area contributed by atoms with Gasteiger partial charge in [0.05, 0.1) is 0 Å². The van der Waals surface area contributed by atoms with Crippen molar-refractivity contribution < 1.29 is 4.39 Å². The summed E-state index contributed by atoms with van der Waals surface area (Å²) < 4.78 is 14.6. The van der Waals surface area contributed by atoms with Gasteiger partial charge in [-0.15, -0.1) is 0 Å². The summed E-state index contributed by atoms with van der Waals surface area (Å²) in [5, 5.41) is 3.44. The van der Waals surface area contributed by atoms with Gasteiger partial charge in [0.1, 0.15) is 5.82 Å². The Bertz CT molecular complexity index is 425. The Morgan fingerprint density at radius 3 is 3.00 bits per heavy atom. The first-order valence-corrected chi connectivity index (χ1v) is 7.78. The van der Waals surface area contributed by atoms with Crippen molar-refractivity contribution in [3.8, 4) is 0 Å². The van der Waals surface area contributed by atoms with Gasteiger partial charge in [-0.25, -0.2) is 4.39 Å². The van der Waals surface area contributed by atoms with Crippen molar-refractivity contribution in [1.29, 1.82) is 0 Å². The smallest absolute Gasteiger partial charge is 0.123 e. The average Bonchev–Trinajstić information content (AvgIpc) is 2.39. The molecule has 4 heteroatoms. The van der Waals surface area contributed by atoms with Gasteiger partial charge in [0.25, 0.3) is 0 Å². The van der Waals surface area contributed by atoms with Crippen LogP contribution in [0.1, 0.15) is 31.4 Å². The molecule has 0 aliphatic carbocycles. The molecule has 106 valence electrons. The second-order valence-electron chi connectivity index (χ2n) is 5.30. The molecule has 1 fully saturated rings. The molecule has 0 amide bonds. The topological polar surface area (TPSA) is 15.3 Å². The Labute approximate surface area is 123 Å². The molecule has 1 aliphatic heterocycles. The van der Waals surface area contributed by atoms with Gasteiger partial charge in [-0.3, -0.25) is 4.90 Å². The van der Waals surface area contributed by atoms with Crippen molar-refractivity contribution in [1.82, 2.24) is 10.2 Å². The van der Waals surface area contributed by atoms with Crippen molar-refractivity contribution in [3.05, 3.63) is 34.1 Å². The quantitative estimate of drug-likeness (QED) is 0.908. The first kappa shape index (κ1) is 14.9. The first-order chi connectivity index (χ1) is 9.13. The summed E-state index contributed by atoms with van der Waals surface area (Å²) in [6.45, 7) is 5.18. The largest absolute Gasteiger partial charge is 0.317 e. The van der Waals surface area contributed by atoms with Crippen molar-refractivity contribution in [2.45, 2.75) is 25.8 Å². The molecule has 1 heterocycles. The molecule has 2 atom stereocenters. The summed E-state index contributed by atoms with van der Waals surface area (Å²) in [5.74, 6) is 0.385. The lowest BCUT2D eigenvalue weighted by Crippen LogP contribution is -2.40. The number of nitrogens with zero attached hydrogens (tertiary/aromatic N) is 1. The van der Waals surface area contributed by atoms with Crippen LogP contribution in [0.4, 0.5) is 4.39 Å². The summed E-state index contributed by atoms with van der Waals surface area (Å²) in [6.07, 6.45) is 2.42. The highest BCUT2D eigenvalue weighted by atomic mass is 79.9. The number of hydrogen-bond donors (Lipinski definition) is 1. The first-order valence-electron chi connectivity index (χ1n) is 6.99. The molecule has 2 nitrogen and oxygen atoms in total. The van der Waals surface area contributed by atoms with Crippen LogP contribution in [0.15, 0.2) is 22.7 Å². The fourth-order valence-corrected chi connectivity index (χ4v) is 3.52. The lowest BCUT2D eigenvalue weighted by Gasteiger charge is -2.40. The molecule has 1 aromatic carbocycles. The minimum atomic E-state index is -0.153. The van der Waals surface area contributed by atoms with Crippen LogP contribution < -0.4 is 5.32 Å². The van der Waals surface area contributed by atoms with Crippen molar-refractivity contribution in [2.24, 2.45) is 5.92 Å². The van der Waals surface area contributed by atoms with E-state index in [1.54, 1.807) is 6.07 Å². The van der Waals surface area contributed by atoms with Crippen molar-refractivity contribution in [2.75, 3.05) is 26.7 Å². The van der Waals surface area contributed by atoms with Crippen LogP contribution in [-0.4, -0.2) is 31.6 Å². The monoisotopic (exact) mass is 328 g/mol. The summed E-state index contributed by atoms with van der Waals surface area (Å²) >= 11 is 3.58. The highest BCUT2D eigenvalue weighted by molar-refractivity contribution is 9.10. The zero-order valence-electron chi connectivity index (χ0n) is 11.6. The van der Waals surface area contributed by atoms with Gasteiger partial charge in [0, 0.05) is 10.5 Å². The molecule has 0 spiro atoms. The van der Waals surface area contributed by atoms with Gasteiger partial charge in [-0.1, -0.05) is 22.9 Å². The zero-order valence-corrected chi connectivity index (χ0v) is 13.2. The Kier molecular flexibility index (Phi) is 5.37. The third kappa shape index (κ3) is 3.56. The van der Waals surface area contributed by atoms with Crippen LogP contribution in [0, 0.1) is 11.7 Å². The predicted molar refractivity (Wildman–Crippen MR) is 80.7 cm³/mol. The van der Waals surface area contributed by atoms with E-state index in [-0.39, 0.29) is 11.9 Å². The van der Waals surface area contributed by atoms with E-state index in [2.05, 4.69) is 40.1 Å². The summed E-state index contributed by atoms with van der Waals surface area (Å²) in [4.78, 5) is 2.35. The second kappa shape index (κ2) is 6.82. The lowest BCUT2D eigenvalue weighted by atomic mass is 9.85. The van der Waals surface area contributed by atoms with Crippen LogP contribution in [0.3, 0.4) is 0 Å². The second-order valence-corrected chi connectivity index (χ2v) is 6.16. The third-order valence-electron chi connectivity index (χ3n) is 3.94. The summed E-state index contributed by atoms with van der Waals surface area (Å²) in [5.41, 5.74) is 1.07. The number of likely N-dealkylation sites (tertiary alicyclic amines) is 1. The van der Waals surface area contributed by atoms with E-state index in [9.17, 15) is 4.39 Å². The number of rotatable bonds is 4. The minimum absolute atomic E-state index is 0.153. The van der Waals surface area contributed by atoms with Gasteiger partial charge in [0.15, 0.2) is 0 Å². The molecule has 0 radical (unpaired) electrons. The Balaban J connectivity index is 2.27. The third-order valence-corrected chi connectivity index (χ3v) is 4.66. The highest BCUT2D eigenvalue weighted by Gasteiger charge is 2.31. The number of nitrogens with one attached hydrogen (secondary N) is 1. The van der Waals surface area contributed by atoms with Gasteiger partial charge in [0.2, 0.25) is 0 Å². The van der Waals surface area contributed by atoms with E-state index in [1.807, 2.05) is 6.07 Å². The van der Waals surface area contributed by atoms with Crippen LogP contribution in [0.5, 0.6) is 0 Å². The van der Waals surface area contributed by atoms with E-state index in [4.69, 9.17) is 0 Å². The molecular weight excluding hydrogens is 307 g/mol. The SMILES string of the molecule is CCNCC1CCCN(C)C1c1cc(F)ccc1Br. The van der Waals surface area contributed by atoms with Crippen LogP contribution >= 0.6 is 15.9 Å². The van der Waals surface area contributed by atoms with Gasteiger partial charge >= 0.3 is 0 Å². The number of halogens is 2. The van der Waals surface area contributed by atoms with E-state index >= 15 is 0 Å². The highest BCUT2D eigenvalue weighted by Crippen LogP contribution is 2.38. The minimum Gasteiger partial charge on any atom is -0.317 e. The molecule has 0 aromatic heterocycles. The zero-order chi connectivity index (χ0) is 13.8. The molecule has 0 bridgehead atoms. The number of piperidine rings is 1. The Hall–Kier alpha value is -0.450. The maximum atomic E-state index is 13.6. The predicted octanol–water partition coefficient (Wildman–Crippen LogP) is 3.58. The Morgan fingerprint density at radius 1 is 1.47 bits per heavy atom. The maximum absolute atomic E-state index is 13.6. The lowest BCUT2D eigenvalue weighted by molar-refractivity contribution is 0.119. The van der Waals surface area contributed by atoms with E-state index in [0.29, 0.717) is 5.92 Å². The Morgan fingerprint density at radius 2 is 2.26 bits per heavy atom. The normalized spacial score (nSPS) is 24.6. The van der Waals surface area contributed by atoms with Gasteiger partial charge in [-0.05, 0) is 69.2 Å². The fourth-order valence-electron chi connectivity index (χ4n) is 3.04. The number of hydrogen-bond acceptors (Lipinski definition) is 2. The molecule has 19 heavy (non-hydrogen) atoms. The van der Waals surface area contributed by atoms with Crippen molar-refractivity contribution in [3.63, 3.8) is 0 Å². The number of benzene rings is 1. The molecule has 2 unspecified atom stereocenters. The van der Waals surface area contributed by atoms with E-state index in [1.165, 1.54) is 18.9 Å². The average molecular weight is 329 g/mol. The maximum Gasteiger partial charge on any atom is 0.123 e. The van der Waals surface area contributed by atoms with Gasteiger partial charge in [-0.2, -0.15) is 0 Å². The van der Waals surface area contributed by atoms with E-state index in [0.717, 1.165) is 29.7 Å². The molecule has 0 saturated carbocycles. The fraction of sp³-hybridized carbons (Fsp3) is 0.600. The van der Waals surface area contributed by atoms with Gasteiger partial charge < -0.3 is 5.32 Å². The van der Waals surface area contributed by atoms with Crippen molar-refractivity contribution >= 4 is 15.9 Å². The molecule has 1 N–H and O–H groups in total. The molecule has 2 rings (SSSR count). The molecular formula is C15H22BrFN2. The molecule has 1 aromatic rings. The molecule has 1 saturated heterocycles. The van der Waals surface area contributed by atoms with Crippen LogP contribution in [-0.2, 0) is 0 Å². The summed E-state index contributed by atoms with van der Waals surface area (Å²) in [6, 6.07) is 5.29. The van der Waals surface area contributed by atoms with Crippen LogP contribution in [0.2, 0.25) is 0 Å².